The smallest absolute Gasteiger partial charge is 0.0431 e. The molecule has 0 saturated carbocycles. The lowest BCUT2D eigenvalue weighted by molar-refractivity contribution is 0.271. The van der Waals surface area contributed by atoms with Crippen molar-refractivity contribution in [1.29, 1.82) is 0 Å². The van der Waals surface area contributed by atoms with E-state index >= 15 is 0 Å². The van der Waals surface area contributed by atoms with Crippen LogP contribution in [0.1, 0.15) is 24.8 Å². The fraction of sp³-hybridized carbons (Fsp3) is 0.571. The number of hydrogen-bond acceptors (Lipinski definition) is 3. The van der Waals surface area contributed by atoms with Crippen molar-refractivity contribution in [3.63, 3.8) is 0 Å². The molecule has 0 unspecified atom stereocenters. The number of nitrogens with zero attached hydrogens (tertiary/aromatic N) is 1. The van der Waals surface area contributed by atoms with Crippen molar-refractivity contribution in [2.24, 2.45) is 0 Å². The Morgan fingerprint density at radius 2 is 1.82 bits per heavy atom. The maximum atomic E-state index is 8.70. The summed E-state index contributed by atoms with van der Waals surface area (Å²) in [6.07, 6.45) is 5.31. The Bertz CT molecular complexity index is 300. The number of benzene rings is 1. The minimum Gasteiger partial charge on any atom is -0.396 e. The van der Waals surface area contributed by atoms with Gasteiger partial charge in [0.25, 0.3) is 0 Å². The molecule has 0 bridgehead atoms. The fourth-order valence-electron chi connectivity index (χ4n) is 1.79. The second-order valence-corrected chi connectivity index (χ2v) is 5.25. The number of aliphatic hydroxyl groups is 1. The summed E-state index contributed by atoms with van der Waals surface area (Å²) in [6.45, 7) is 2.43. The monoisotopic (exact) mass is 253 g/mol. The van der Waals surface area contributed by atoms with Gasteiger partial charge in [0.05, 0.1) is 0 Å². The summed E-state index contributed by atoms with van der Waals surface area (Å²) in [7, 11) is 2.15. The van der Waals surface area contributed by atoms with E-state index in [1.165, 1.54) is 16.9 Å². The van der Waals surface area contributed by atoms with Gasteiger partial charge < -0.3 is 10.0 Å². The van der Waals surface area contributed by atoms with E-state index in [2.05, 4.69) is 42.5 Å². The number of hydrogen-bond donors (Lipinski definition) is 1. The van der Waals surface area contributed by atoms with E-state index in [-0.39, 0.29) is 0 Å². The van der Waals surface area contributed by atoms with E-state index in [1.807, 2.05) is 0 Å². The van der Waals surface area contributed by atoms with Crippen LogP contribution >= 0.6 is 11.8 Å². The molecular formula is C14H23NOS. The van der Waals surface area contributed by atoms with Gasteiger partial charge in [0.1, 0.15) is 0 Å². The normalized spacial score (nSPS) is 11.1. The van der Waals surface area contributed by atoms with Crippen LogP contribution in [-0.2, 0) is 6.54 Å². The third-order valence-electron chi connectivity index (χ3n) is 2.81. The Balaban J connectivity index is 2.26. The van der Waals surface area contributed by atoms with Crippen molar-refractivity contribution >= 4 is 11.8 Å². The summed E-state index contributed by atoms with van der Waals surface area (Å²) in [4.78, 5) is 3.66. The molecule has 0 aliphatic heterocycles. The van der Waals surface area contributed by atoms with Gasteiger partial charge in [-0.25, -0.2) is 0 Å². The summed E-state index contributed by atoms with van der Waals surface area (Å²) in [6, 6.07) is 8.77. The number of rotatable bonds is 8. The molecule has 3 heteroatoms. The summed E-state index contributed by atoms with van der Waals surface area (Å²) in [5.41, 5.74) is 1.37. The van der Waals surface area contributed by atoms with Crippen LogP contribution in [-0.4, -0.2) is 36.5 Å². The van der Waals surface area contributed by atoms with Crippen LogP contribution in [0.2, 0.25) is 0 Å². The van der Waals surface area contributed by atoms with Gasteiger partial charge in [-0.15, -0.1) is 11.8 Å². The summed E-state index contributed by atoms with van der Waals surface area (Å²) in [5.74, 6) is 0. The molecule has 0 spiro atoms. The maximum absolute atomic E-state index is 8.70. The largest absolute Gasteiger partial charge is 0.396 e. The lowest BCUT2D eigenvalue weighted by atomic mass is 10.2. The standard InChI is InChI=1S/C14H23NOS/c1-15(10-4-3-5-11-16)12-13-6-8-14(17-2)9-7-13/h6-9,16H,3-5,10-12H2,1-2H3. The summed E-state index contributed by atoms with van der Waals surface area (Å²) in [5, 5.41) is 8.70. The molecule has 0 aromatic heterocycles. The van der Waals surface area contributed by atoms with Crippen LogP contribution in [0.3, 0.4) is 0 Å². The predicted molar refractivity (Wildman–Crippen MR) is 75.5 cm³/mol. The third-order valence-corrected chi connectivity index (χ3v) is 3.55. The molecule has 0 atom stereocenters. The van der Waals surface area contributed by atoms with Gasteiger partial charge in [0.15, 0.2) is 0 Å². The number of unbranched alkanes of at least 4 members (excludes halogenated alkanes) is 2. The fourth-order valence-corrected chi connectivity index (χ4v) is 2.20. The molecule has 0 heterocycles. The van der Waals surface area contributed by atoms with Gasteiger partial charge in [-0.05, 0) is 56.8 Å². The highest BCUT2D eigenvalue weighted by atomic mass is 32.2. The molecule has 96 valence electrons. The van der Waals surface area contributed by atoms with Crippen molar-refractivity contribution in [1.82, 2.24) is 4.90 Å². The molecule has 0 aliphatic rings. The Morgan fingerprint density at radius 1 is 1.12 bits per heavy atom. The molecule has 0 radical (unpaired) electrons. The number of aliphatic hydroxyl groups excluding tert-OH is 1. The second kappa shape index (κ2) is 8.56. The second-order valence-electron chi connectivity index (χ2n) is 4.37. The molecular weight excluding hydrogens is 230 g/mol. The van der Waals surface area contributed by atoms with E-state index in [1.54, 1.807) is 11.8 Å². The van der Waals surface area contributed by atoms with Gasteiger partial charge in [-0.1, -0.05) is 12.1 Å². The Labute approximate surface area is 109 Å². The topological polar surface area (TPSA) is 23.5 Å². The SMILES string of the molecule is CSc1ccc(CN(C)CCCCCO)cc1. The molecule has 0 saturated heterocycles. The highest BCUT2D eigenvalue weighted by Gasteiger charge is 2.00. The van der Waals surface area contributed by atoms with Crippen LogP contribution in [0, 0.1) is 0 Å². The molecule has 17 heavy (non-hydrogen) atoms. The van der Waals surface area contributed by atoms with Crippen molar-refractivity contribution < 1.29 is 5.11 Å². The Morgan fingerprint density at radius 3 is 2.41 bits per heavy atom. The van der Waals surface area contributed by atoms with Gasteiger partial charge in [-0.2, -0.15) is 0 Å². The average Bonchev–Trinajstić information content (AvgIpc) is 2.36. The Kier molecular flexibility index (Phi) is 7.33. The summed E-state index contributed by atoms with van der Waals surface area (Å²) >= 11 is 1.78. The zero-order chi connectivity index (χ0) is 12.5. The highest BCUT2D eigenvalue weighted by molar-refractivity contribution is 7.98. The quantitative estimate of drug-likeness (QED) is 0.569. The van der Waals surface area contributed by atoms with Crippen LogP contribution in [0.4, 0.5) is 0 Å². The molecule has 1 N–H and O–H groups in total. The van der Waals surface area contributed by atoms with E-state index in [0.29, 0.717) is 6.61 Å². The maximum Gasteiger partial charge on any atom is 0.0431 e. The predicted octanol–water partition coefficient (Wildman–Crippen LogP) is 3.00. The Hall–Kier alpha value is -0.510. The van der Waals surface area contributed by atoms with Crippen molar-refractivity contribution in [3.05, 3.63) is 29.8 Å². The first kappa shape index (κ1) is 14.6. The van der Waals surface area contributed by atoms with Crippen LogP contribution < -0.4 is 0 Å². The zero-order valence-corrected chi connectivity index (χ0v) is 11.7. The van der Waals surface area contributed by atoms with Crippen molar-refractivity contribution in [3.8, 4) is 0 Å². The third kappa shape index (κ3) is 6.10. The minimum absolute atomic E-state index is 0.319. The minimum atomic E-state index is 0.319. The lowest BCUT2D eigenvalue weighted by Gasteiger charge is -2.16. The van der Waals surface area contributed by atoms with E-state index in [0.717, 1.165) is 25.9 Å². The van der Waals surface area contributed by atoms with Gasteiger partial charge >= 0.3 is 0 Å². The molecule has 1 rings (SSSR count). The van der Waals surface area contributed by atoms with E-state index < -0.39 is 0 Å². The van der Waals surface area contributed by atoms with Gasteiger partial charge in [-0.3, -0.25) is 0 Å². The van der Waals surface area contributed by atoms with Crippen molar-refractivity contribution in [2.75, 3.05) is 26.5 Å². The van der Waals surface area contributed by atoms with E-state index in [9.17, 15) is 0 Å². The molecule has 1 aromatic carbocycles. The number of thioether (sulfide) groups is 1. The molecule has 1 aromatic rings. The molecule has 0 amide bonds. The average molecular weight is 253 g/mol. The first-order valence-electron chi connectivity index (χ1n) is 6.18. The summed E-state index contributed by atoms with van der Waals surface area (Å²) < 4.78 is 0. The van der Waals surface area contributed by atoms with Crippen LogP contribution in [0.5, 0.6) is 0 Å². The van der Waals surface area contributed by atoms with Crippen LogP contribution in [0.25, 0.3) is 0 Å². The first-order chi connectivity index (χ1) is 8.26. The lowest BCUT2D eigenvalue weighted by Crippen LogP contribution is -2.19. The van der Waals surface area contributed by atoms with Gasteiger partial charge in [0, 0.05) is 18.0 Å². The van der Waals surface area contributed by atoms with Crippen LogP contribution in [0.15, 0.2) is 29.2 Å². The highest BCUT2D eigenvalue weighted by Crippen LogP contribution is 2.15. The molecule has 0 aliphatic carbocycles. The first-order valence-corrected chi connectivity index (χ1v) is 7.41. The molecule has 2 nitrogen and oxygen atoms in total. The zero-order valence-electron chi connectivity index (χ0n) is 10.9. The van der Waals surface area contributed by atoms with E-state index in [4.69, 9.17) is 5.11 Å². The molecule has 0 fully saturated rings. The van der Waals surface area contributed by atoms with Gasteiger partial charge in [0.2, 0.25) is 0 Å². The van der Waals surface area contributed by atoms with Crippen molar-refractivity contribution in [2.45, 2.75) is 30.7 Å².